The maximum atomic E-state index is 10.0. The molecule has 1 aromatic carbocycles. The molecule has 0 bridgehead atoms. The number of aliphatic hydroxyl groups excluding tert-OH is 1. The molecule has 2 rings (SSSR count). The summed E-state index contributed by atoms with van der Waals surface area (Å²) < 4.78 is 5.16. The summed E-state index contributed by atoms with van der Waals surface area (Å²) in [4.78, 5) is 3.79. The number of hydrogen-bond donors (Lipinski definition) is 1. The number of nitrogens with zero attached hydrogens (tertiary/aromatic N) is 1. The Balaban J connectivity index is 2.19. The van der Waals surface area contributed by atoms with Crippen LogP contribution in [0.15, 0.2) is 45.8 Å². The third-order valence-electron chi connectivity index (χ3n) is 2.45. The van der Waals surface area contributed by atoms with Crippen LogP contribution in [0.3, 0.4) is 0 Å². The molecule has 0 aliphatic heterocycles. The van der Waals surface area contributed by atoms with Crippen molar-refractivity contribution in [3.05, 3.63) is 58.5 Å². The van der Waals surface area contributed by atoms with Gasteiger partial charge in [-0.1, -0.05) is 24.3 Å². The quantitative estimate of drug-likeness (QED) is 0.846. The zero-order valence-corrected chi connectivity index (χ0v) is 9.89. The minimum absolute atomic E-state index is 0.270. The van der Waals surface area contributed by atoms with E-state index in [9.17, 15) is 5.11 Å². The Hall–Kier alpha value is -1.58. The molecular formula is C13H12ClNO2. The Kier molecular flexibility index (Phi) is 3.61. The van der Waals surface area contributed by atoms with Crippen LogP contribution in [-0.4, -0.2) is 11.8 Å². The molecule has 1 N–H and O–H groups in total. The van der Waals surface area contributed by atoms with Crippen molar-refractivity contribution in [3.63, 3.8) is 0 Å². The number of halogens is 1. The molecule has 1 unspecified atom stereocenters. The van der Waals surface area contributed by atoms with Gasteiger partial charge in [0.15, 0.2) is 5.22 Å². The van der Waals surface area contributed by atoms with Crippen LogP contribution in [0.25, 0.3) is 0 Å². The molecule has 2 aromatic rings. The summed E-state index contributed by atoms with van der Waals surface area (Å²) in [6, 6.07) is 10.7. The third-order valence-corrected chi connectivity index (χ3v) is 2.66. The minimum atomic E-state index is -0.798. The Bertz CT molecular complexity index is 504. The van der Waals surface area contributed by atoms with Gasteiger partial charge in [-0.15, -0.1) is 0 Å². The first-order valence-electron chi connectivity index (χ1n) is 5.15. The van der Waals surface area contributed by atoms with Gasteiger partial charge in [-0.3, -0.25) is 4.99 Å². The Labute approximate surface area is 104 Å². The largest absolute Gasteiger partial charge is 0.447 e. The highest BCUT2D eigenvalue weighted by molar-refractivity contribution is 6.28. The first kappa shape index (κ1) is 11.9. The predicted octanol–water partition coefficient (Wildman–Crippen LogP) is 3.22. The van der Waals surface area contributed by atoms with E-state index in [0.29, 0.717) is 12.3 Å². The molecule has 0 saturated heterocycles. The zero-order chi connectivity index (χ0) is 12.3. The fourth-order valence-electron chi connectivity index (χ4n) is 1.57. The molecule has 1 aromatic heterocycles. The lowest BCUT2D eigenvalue weighted by Crippen LogP contribution is -1.98. The lowest BCUT2D eigenvalue weighted by molar-refractivity contribution is 0.189. The van der Waals surface area contributed by atoms with Gasteiger partial charge < -0.3 is 9.52 Å². The molecule has 0 spiro atoms. The topological polar surface area (TPSA) is 45.7 Å². The van der Waals surface area contributed by atoms with E-state index in [4.69, 9.17) is 16.0 Å². The maximum Gasteiger partial charge on any atom is 0.193 e. The molecule has 0 saturated carbocycles. The summed E-state index contributed by atoms with van der Waals surface area (Å²) in [6.07, 6.45) is -0.798. The van der Waals surface area contributed by atoms with Gasteiger partial charge in [0.1, 0.15) is 11.9 Å². The van der Waals surface area contributed by atoms with Gasteiger partial charge in [-0.2, -0.15) is 0 Å². The van der Waals surface area contributed by atoms with Gasteiger partial charge >= 0.3 is 0 Å². The van der Waals surface area contributed by atoms with Crippen LogP contribution in [0.5, 0.6) is 0 Å². The zero-order valence-electron chi connectivity index (χ0n) is 9.14. The van der Waals surface area contributed by atoms with Crippen molar-refractivity contribution >= 4 is 18.3 Å². The maximum absolute atomic E-state index is 10.0. The average Bonchev–Trinajstić information content (AvgIpc) is 2.76. The molecule has 0 radical (unpaired) electrons. The smallest absolute Gasteiger partial charge is 0.193 e. The van der Waals surface area contributed by atoms with Crippen molar-refractivity contribution in [2.24, 2.45) is 4.99 Å². The SMILES string of the molecule is C=NCc1ccc(C(O)c2ccc(Cl)o2)cc1. The second-order valence-electron chi connectivity index (χ2n) is 3.67. The average molecular weight is 250 g/mol. The van der Waals surface area contributed by atoms with Crippen LogP contribution in [0, 0.1) is 0 Å². The summed E-state index contributed by atoms with van der Waals surface area (Å²) in [6.45, 7) is 4.01. The number of aliphatic imine (C=N–C) groups is 1. The molecule has 0 aliphatic rings. The Morgan fingerprint density at radius 1 is 1.24 bits per heavy atom. The second kappa shape index (κ2) is 5.17. The summed E-state index contributed by atoms with van der Waals surface area (Å²) in [5.41, 5.74) is 1.80. The molecule has 0 aliphatic carbocycles. The molecule has 1 heterocycles. The van der Waals surface area contributed by atoms with E-state index in [2.05, 4.69) is 11.7 Å². The monoisotopic (exact) mass is 249 g/mol. The van der Waals surface area contributed by atoms with Crippen molar-refractivity contribution in [1.82, 2.24) is 0 Å². The second-order valence-corrected chi connectivity index (χ2v) is 4.04. The van der Waals surface area contributed by atoms with Crippen molar-refractivity contribution in [2.75, 3.05) is 0 Å². The normalized spacial score (nSPS) is 12.4. The van der Waals surface area contributed by atoms with Gasteiger partial charge in [0.2, 0.25) is 0 Å². The third kappa shape index (κ3) is 2.75. The van der Waals surface area contributed by atoms with Crippen LogP contribution >= 0.6 is 11.6 Å². The van der Waals surface area contributed by atoms with E-state index in [-0.39, 0.29) is 5.22 Å². The summed E-state index contributed by atoms with van der Waals surface area (Å²) in [7, 11) is 0. The Morgan fingerprint density at radius 2 is 1.94 bits per heavy atom. The van der Waals surface area contributed by atoms with Crippen LogP contribution in [-0.2, 0) is 6.54 Å². The number of benzene rings is 1. The molecular weight excluding hydrogens is 238 g/mol. The molecule has 0 amide bonds. The highest BCUT2D eigenvalue weighted by Crippen LogP contribution is 2.25. The first-order valence-corrected chi connectivity index (χ1v) is 5.53. The minimum Gasteiger partial charge on any atom is -0.447 e. The van der Waals surface area contributed by atoms with E-state index in [1.807, 2.05) is 24.3 Å². The van der Waals surface area contributed by atoms with Crippen molar-refractivity contribution in [1.29, 1.82) is 0 Å². The molecule has 88 valence electrons. The highest BCUT2D eigenvalue weighted by atomic mass is 35.5. The van der Waals surface area contributed by atoms with Crippen LogP contribution < -0.4 is 0 Å². The van der Waals surface area contributed by atoms with Crippen LogP contribution in [0.2, 0.25) is 5.22 Å². The molecule has 3 nitrogen and oxygen atoms in total. The molecule has 4 heteroatoms. The van der Waals surface area contributed by atoms with E-state index < -0.39 is 6.10 Å². The first-order chi connectivity index (χ1) is 8.20. The number of aliphatic hydroxyl groups is 1. The fraction of sp³-hybridized carbons (Fsp3) is 0.154. The Morgan fingerprint density at radius 3 is 2.47 bits per heavy atom. The molecule has 0 fully saturated rings. The number of hydrogen-bond acceptors (Lipinski definition) is 3. The van der Waals surface area contributed by atoms with Crippen molar-refractivity contribution in [2.45, 2.75) is 12.6 Å². The lowest BCUT2D eigenvalue weighted by Gasteiger charge is -2.08. The van der Waals surface area contributed by atoms with Crippen molar-refractivity contribution in [3.8, 4) is 0 Å². The van der Waals surface area contributed by atoms with Gasteiger partial charge in [0, 0.05) is 0 Å². The van der Waals surface area contributed by atoms with Gasteiger partial charge in [-0.25, -0.2) is 0 Å². The fourth-order valence-corrected chi connectivity index (χ4v) is 1.73. The number of furan rings is 1. The highest BCUT2D eigenvalue weighted by Gasteiger charge is 2.14. The van der Waals surface area contributed by atoms with E-state index >= 15 is 0 Å². The van der Waals surface area contributed by atoms with Crippen molar-refractivity contribution < 1.29 is 9.52 Å². The van der Waals surface area contributed by atoms with Gasteiger partial charge in [-0.05, 0) is 41.6 Å². The van der Waals surface area contributed by atoms with Crippen LogP contribution in [0.4, 0.5) is 0 Å². The number of rotatable bonds is 4. The standard InChI is InChI=1S/C13H12ClNO2/c1-15-8-9-2-4-10(5-3-9)13(16)11-6-7-12(14)17-11/h2-7,13,16H,1,8H2. The lowest BCUT2D eigenvalue weighted by atomic mass is 10.1. The summed E-state index contributed by atoms with van der Waals surface area (Å²) >= 11 is 5.66. The van der Waals surface area contributed by atoms with Gasteiger partial charge in [0.05, 0.1) is 6.54 Å². The van der Waals surface area contributed by atoms with Crippen LogP contribution in [0.1, 0.15) is 23.0 Å². The summed E-state index contributed by atoms with van der Waals surface area (Å²) in [5, 5.41) is 10.3. The van der Waals surface area contributed by atoms with Gasteiger partial charge in [0.25, 0.3) is 0 Å². The predicted molar refractivity (Wildman–Crippen MR) is 67.5 cm³/mol. The van der Waals surface area contributed by atoms with E-state index in [0.717, 1.165) is 11.1 Å². The summed E-state index contributed by atoms with van der Waals surface area (Å²) in [5.74, 6) is 0.435. The molecule has 1 atom stereocenters. The molecule has 17 heavy (non-hydrogen) atoms. The van der Waals surface area contributed by atoms with E-state index in [1.165, 1.54) is 0 Å². The van der Waals surface area contributed by atoms with E-state index in [1.54, 1.807) is 12.1 Å².